The Bertz CT molecular complexity index is 315. The summed E-state index contributed by atoms with van der Waals surface area (Å²) in [5.74, 6) is 0.527. The number of aromatic nitrogens is 4. The molecule has 1 fully saturated rings. The topological polar surface area (TPSA) is 76.2 Å². The van der Waals surface area contributed by atoms with Crippen LogP contribution in [0.1, 0.15) is 44.0 Å². The molecular formula is C8H13N5O. The van der Waals surface area contributed by atoms with Gasteiger partial charge in [-0.15, -0.1) is 5.10 Å². The maximum atomic E-state index is 8.42. The van der Waals surface area contributed by atoms with E-state index in [0.717, 1.165) is 12.8 Å². The molecule has 14 heavy (non-hydrogen) atoms. The molecule has 0 saturated heterocycles. The molecule has 1 aliphatic carbocycles. The smallest absolute Gasteiger partial charge is 0.196 e. The van der Waals surface area contributed by atoms with E-state index < -0.39 is 0 Å². The third kappa shape index (κ3) is 1.73. The van der Waals surface area contributed by atoms with E-state index in [2.05, 4.69) is 20.7 Å². The highest BCUT2D eigenvalue weighted by Crippen LogP contribution is 2.27. The van der Waals surface area contributed by atoms with Gasteiger partial charge in [0.2, 0.25) is 0 Å². The van der Waals surface area contributed by atoms with Crippen LogP contribution in [0.4, 0.5) is 0 Å². The predicted octanol–water partition coefficient (Wildman–Crippen LogP) is 0.986. The second kappa shape index (κ2) is 4.17. The number of oxime groups is 1. The zero-order chi connectivity index (χ0) is 9.80. The minimum absolute atomic E-state index is 0.367. The highest BCUT2D eigenvalue weighted by molar-refractivity contribution is 5.73. The number of hydrogen-bond acceptors (Lipinski definition) is 5. The van der Waals surface area contributed by atoms with Crippen LogP contribution in [0, 0.1) is 0 Å². The quantitative estimate of drug-likeness (QED) is 0.433. The second-order valence-corrected chi connectivity index (χ2v) is 3.52. The number of nitrogens with zero attached hydrogens (tertiary/aromatic N) is 5. The fourth-order valence-corrected chi connectivity index (χ4v) is 1.92. The lowest BCUT2D eigenvalue weighted by Crippen LogP contribution is -2.16. The van der Waals surface area contributed by atoms with E-state index in [1.165, 1.54) is 25.5 Å². The lowest BCUT2D eigenvalue weighted by Gasteiger charge is -2.21. The van der Waals surface area contributed by atoms with Crippen LogP contribution in [-0.4, -0.2) is 31.6 Å². The molecule has 0 radical (unpaired) electrons. The molecule has 1 aliphatic rings. The Labute approximate surface area is 81.6 Å². The van der Waals surface area contributed by atoms with Gasteiger partial charge in [-0.3, -0.25) is 0 Å². The van der Waals surface area contributed by atoms with Crippen molar-refractivity contribution >= 4 is 6.21 Å². The van der Waals surface area contributed by atoms with Gasteiger partial charge >= 0.3 is 0 Å². The molecule has 6 nitrogen and oxygen atoms in total. The van der Waals surface area contributed by atoms with Crippen molar-refractivity contribution in [1.29, 1.82) is 0 Å². The summed E-state index contributed by atoms with van der Waals surface area (Å²) in [4.78, 5) is 0. The van der Waals surface area contributed by atoms with Gasteiger partial charge in [-0.05, 0) is 23.3 Å². The third-order valence-electron chi connectivity index (χ3n) is 2.61. The molecule has 1 saturated carbocycles. The summed E-state index contributed by atoms with van der Waals surface area (Å²) in [6.45, 7) is 0. The Kier molecular flexibility index (Phi) is 2.71. The summed E-state index contributed by atoms with van der Waals surface area (Å²) in [5, 5.41) is 22.6. The average Bonchev–Trinajstić information content (AvgIpc) is 2.68. The predicted molar refractivity (Wildman–Crippen MR) is 49.3 cm³/mol. The minimum atomic E-state index is 0.367. The Hall–Kier alpha value is -1.46. The second-order valence-electron chi connectivity index (χ2n) is 3.52. The number of hydrogen-bond donors (Lipinski definition) is 1. The summed E-state index contributed by atoms with van der Waals surface area (Å²) < 4.78 is 1.75. The molecule has 0 unspecified atom stereocenters. The largest absolute Gasteiger partial charge is 0.411 e. The van der Waals surface area contributed by atoms with E-state index in [-0.39, 0.29) is 0 Å². The molecule has 1 aromatic rings. The normalized spacial score (nSPS) is 19.1. The standard InChI is InChI=1S/C8H13N5O/c14-9-6-8-10-11-12-13(8)7-4-2-1-3-5-7/h6-7,14H,1-5H2/b9-6+. The monoisotopic (exact) mass is 195 g/mol. The minimum Gasteiger partial charge on any atom is -0.411 e. The SMILES string of the molecule is O/N=C/c1nnnn1C1CCCCC1. The third-order valence-corrected chi connectivity index (χ3v) is 2.61. The van der Waals surface area contributed by atoms with Crippen molar-refractivity contribution in [1.82, 2.24) is 20.2 Å². The van der Waals surface area contributed by atoms with Crippen molar-refractivity contribution in [2.45, 2.75) is 38.1 Å². The van der Waals surface area contributed by atoms with Crippen LogP contribution in [-0.2, 0) is 0 Å². The van der Waals surface area contributed by atoms with E-state index >= 15 is 0 Å². The van der Waals surface area contributed by atoms with Crippen LogP contribution in [0.15, 0.2) is 5.16 Å². The first-order chi connectivity index (χ1) is 6.92. The van der Waals surface area contributed by atoms with Crippen molar-refractivity contribution in [3.63, 3.8) is 0 Å². The Morgan fingerprint density at radius 2 is 2.14 bits per heavy atom. The van der Waals surface area contributed by atoms with Gasteiger partial charge in [0.15, 0.2) is 5.82 Å². The van der Waals surface area contributed by atoms with Crippen LogP contribution in [0.5, 0.6) is 0 Å². The van der Waals surface area contributed by atoms with Gasteiger partial charge < -0.3 is 5.21 Å². The highest BCUT2D eigenvalue weighted by atomic mass is 16.4. The van der Waals surface area contributed by atoms with E-state index in [4.69, 9.17) is 5.21 Å². The molecule has 0 aromatic carbocycles. The van der Waals surface area contributed by atoms with E-state index in [9.17, 15) is 0 Å². The molecule has 6 heteroatoms. The molecule has 0 spiro atoms. The first-order valence-electron chi connectivity index (χ1n) is 4.87. The maximum absolute atomic E-state index is 8.42. The van der Waals surface area contributed by atoms with Gasteiger partial charge in [0.25, 0.3) is 0 Å². The first kappa shape index (κ1) is 9.11. The Morgan fingerprint density at radius 3 is 2.86 bits per heavy atom. The molecule has 0 atom stereocenters. The van der Waals surface area contributed by atoms with Gasteiger partial charge in [0.1, 0.15) is 6.21 Å². The molecule has 2 rings (SSSR count). The van der Waals surface area contributed by atoms with Crippen molar-refractivity contribution in [3.8, 4) is 0 Å². The Balaban J connectivity index is 2.17. The van der Waals surface area contributed by atoms with E-state index in [0.29, 0.717) is 11.9 Å². The summed E-state index contributed by atoms with van der Waals surface area (Å²) in [5.41, 5.74) is 0. The highest BCUT2D eigenvalue weighted by Gasteiger charge is 2.18. The lowest BCUT2D eigenvalue weighted by molar-refractivity contribution is 0.314. The number of rotatable bonds is 2. The lowest BCUT2D eigenvalue weighted by atomic mass is 9.96. The molecule has 76 valence electrons. The average molecular weight is 195 g/mol. The van der Waals surface area contributed by atoms with Gasteiger partial charge in [-0.1, -0.05) is 24.4 Å². The summed E-state index contributed by atoms with van der Waals surface area (Å²) in [6, 6.07) is 0.367. The molecule has 0 bridgehead atoms. The zero-order valence-corrected chi connectivity index (χ0v) is 7.87. The molecule has 1 aromatic heterocycles. The number of tetrazole rings is 1. The van der Waals surface area contributed by atoms with Crippen LogP contribution in [0.2, 0.25) is 0 Å². The van der Waals surface area contributed by atoms with Crippen LogP contribution in [0.25, 0.3) is 0 Å². The summed E-state index contributed by atoms with van der Waals surface area (Å²) in [7, 11) is 0. The van der Waals surface area contributed by atoms with Crippen LogP contribution in [0.3, 0.4) is 0 Å². The molecule has 0 aliphatic heterocycles. The van der Waals surface area contributed by atoms with Crippen LogP contribution < -0.4 is 0 Å². The van der Waals surface area contributed by atoms with Crippen molar-refractivity contribution in [3.05, 3.63) is 5.82 Å². The van der Waals surface area contributed by atoms with E-state index in [1.807, 2.05) is 0 Å². The van der Waals surface area contributed by atoms with Crippen molar-refractivity contribution < 1.29 is 5.21 Å². The molecule has 1 N–H and O–H groups in total. The van der Waals surface area contributed by atoms with E-state index in [1.54, 1.807) is 4.68 Å². The summed E-state index contributed by atoms with van der Waals surface area (Å²) >= 11 is 0. The Morgan fingerprint density at radius 1 is 1.36 bits per heavy atom. The van der Waals surface area contributed by atoms with Gasteiger partial charge in [-0.2, -0.15) is 0 Å². The summed E-state index contributed by atoms with van der Waals surface area (Å²) in [6.07, 6.45) is 7.23. The van der Waals surface area contributed by atoms with Crippen LogP contribution >= 0.6 is 0 Å². The van der Waals surface area contributed by atoms with Crippen molar-refractivity contribution in [2.24, 2.45) is 5.16 Å². The fourth-order valence-electron chi connectivity index (χ4n) is 1.92. The molecule has 0 amide bonds. The fraction of sp³-hybridized carbons (Fsp3) is 0.750. The molecule has 1 heterocycles. The van der Waals surface area contributed by atoms with Crippen molar-refractivity contribution in [2.75, 3.05) is 0 Å². The maximum Gasteiger partial charge on any atom is 0.196 e. The van der Waals surface area contributed by atoms with Gasteiger partial charge in [0.05, 0.1) is 6.04 Å². The molecular weight excluding hydrogens is 182 g/mol. The zero-order valence-electron chi connectivity index (χ0n) is 7.87. The first-order valence-corrected chi connectivity index (χ1v) is 4.87. The van der Waals surface area contributed by atoms with Gasteiger partial charge in [-0.25, -0.2) is 4.68 Å². The van der Waals surface area contributed by atoms with Gasteiger partial charge in [0, 0.05) is 0 Å².